The number of thiophene rings is 1. The highest BCUT2D eigenvalue weighted by atomic mass is 32.1. The molecule has 0 amide bonds. The SMILES string of the molecule is CC(N)c1cccc2sc(C(=O)O)cc12. The summed E-state index contributed by atoms with van der Waals surface area (Å²) in [4.78, 5) is 11.2. The zero-order valence-electron chi connectivity index (χ0n) is 8.23. The molecule has 0 saturated heterocycles. The first-order chi connectivity index (χ1) is 7.09. The minimum Gasteiger partial charge on any atom is -0.477 e. The predicted molar refractivity (Wildman–Crippen MR) is 61.4 cm³/mol. The highest BCUT2D eigenvalue weighted by Gasteiger charge is 2.12. The van der Waals surface area contributed by atoms with Gasteiger partial charge in [-0.3, -0.25) is 0 Å². The van der Waals surface area contributed by atoms with E-state index in [0.29, 0.717) is 4.88 Å². The number of nitrogens with two attached hydrogens (primary N) is 1. The third-order valence-electron chi connectivity index (χ3n) is 2.30. The van der Waals surface area contributed by atoms with Crippen LogP contribution in [0.2, 0.25) is 0 Å². The van der Waals surface area contributed by atoms with Gasteiger partial charge in [-0.2, -0.15) is 0 Å². The number of carbonyl (C=O) groups is 1. The first-order valence-electron chi connectivity index (χ1n) is 4.61. The number of carboxylic acid groups (broad SMARTS) is 1. The Morgan fingerprint density at radius 1 is 1.53 bits per heavy atom. The summed E-state index contributed by atoms with van der Waals surface area (Å²) in [7, 11) is 0. The number of carboxylic acids is 1. The van der Waals surface area contributed by atoms with Crippen molar-refractivity contribution in [3.63, 3.8) is 0 Å². The van der Waals surface area contributed by atoms with Crippen LogP contribution in [0.1, 0.15) is 28.2 Å². The van der Waals surface area contributed by atoms with Crippen molar-refractivity contribution < 1.29 is 9.90 Å². The summed E-state index contributed by atoms with van der Waals surface area (Å²) in [5, 5.41) is 9.85. The molecule has 1 aromatic carbocycles. The molecular formula is C11H11NO2S. The molecule has 1 atom stereocenters. The first-order valence-corrected chi connectivity index (χ1v) is 5.42. The average molecular weight is 221 g/mol. The molecule has 0 fully saturated rings. The Morgan fingerprint density at radius 3 is 2.87 bits per heavy atom. The normalized spacial score (nSPS) is 12.9. The molecule has 0 bridgehead atoms. The second-order valence-electron chi connectivity index (χ2n) is 3.46. The van der Waals surface area contributed by atoms with E-state index in [1.807, 2.05) is 25.1 Å². The van der Waals surface area contributed by atoms with E-state index in [4.69, 9.17) is 10.8 Å². The molecule has 1 aromatic heterocycles. The number of aromatic carboxylic acids is 1. The second kappa shape index (κ2) is 3.64. The van der Waals surface area contributed by atoms with Gasteiger partial charge in [-0.05, 0) is 30.0 Å². The fourth-order valence-corrected chi connectivity index (χ4v) is 2.52. The summed E-state index contributed by atoms with van der Waals surface area (Å²) in [5.41, 5.74) is 6.82. The molecule has 3 nitrogen and oxygen atoms in total. The maximum atomic E-state index is 10.8. The zero-order valence-corrected chi connectivity index (χ0v) is 9.04. The van der Waals surface area contributed by atoms with Gasteiger partial charge in [-0.15, -0.1) is 11.3 Å². The molecule has 0 aliphatic rings. The van der Waals surface area contributed by atoms with Crippen molar-refractivity contribution in [1.82, 2.24) is 0 Å². The van der Waals surface area contributed by atoms with Crippen molar-refractivity contribution >= 4 is 27.4 Å². The molecule has 0 saturated carbocycles. The summed E-state index contributed by atoms with van der Waals surface area (Å²) in [5.74, 6) is -0.883. The van der Waals surface area contributed by atoms with E-state index in [2.05, 4.69) is 0 Å². The molecular weight excluding hydrogens is 210 g/mol. The maximum Gasteiger partial charge on any atom is 0.345 e. The van der Waals surface area contributed by atoms with Crippen LogP contribution in [0.25, 0.3) is 10.1 Å². The second-order valence-corrected chi connectivity index (χ2v) is 4.55. The molecule has 1 unspecified atom stereocenters. The maximum absolute atomic E-state index is 10.8. The van der Waals surface area contributed by atoms with Crippen LogP contribution in [0.3, 0.4) is 0 Å². The van der Waals surface area contributed by atoms with Crippen LogP contribution in [-0.2, 0) is 0 Å². The molecule has 0 radical (unpaired) electrons. The van der Waals surface area contributed by atoms with Crippen molar-refractivity contribution in [3.05, 3.63) is 34.7 Å². The van der Waals surface area contributed by atoms with Gasteiger partial charge in [-0.25, -0.2) is 4.79 Å². The van der Waals surface area contributed by atoms with E-state index in [1.165, 1.54) is 11.3 Å². The average Bonchev–Trinajstić information content (AvgIpc) is 2.60. The molecule has 0 aliphatic carbocycles. The van der Waals surface area contributed by atoms with E-state index < -0.39 is 5.97 Å². The van der Waals surface area contributed by atoms with Crippen molar-refractivity contribution in [2.45, 2.75) is 13.0 Å². The van der Waals surface area contributed by atoms with Crippen molar-refractivity contribution in [2.75, 3.05) is 0 Å². The molecule has 0 aliphatic heterocycles. The summed E-state index contributed by atoms with van der Waals surface area (Å²) in [6.45, 7) is 1.90. The van der Waals surface area contributed by atoms with E-state index in [9.17, 15) is 4.79 Å². The Bertz CT molecular complexity index is 516. The van der Waals surface area contributed by atoms with E-state index >= 15 is 0 Å². The molecule has 0 spiro atoms. The first kappa shape index (κ1) is 10.1. The number of hydrogen-bond acceptors (Lipinski definition) is 3. The molecule has 78 valence electrons. The quantitative estimate of drug-likeness (QED) is 0.819. The monoisotopic (exact) mass is 221 g/mol. The van der Waals surface area contributed by atoms with Crippen LogP contribution in [0, 0.1) is 0 Å². The van der Waals surface area contributed by atoms with Gasteiger partial charge in [0.25, 0.3) is 0 Å². The highest BCUT2D eigenvalue weighted by Crippen LogP contribution is 2.30. The van der Waals surface area contributed by atoms with Gasteiger partial charge < -0.3 is 10.8 Å². The van der Waals surface area contributed by atoms with Crippen LogP contribution in [0.15, 0.2) is 24.3 Å². The number of hydrogen-bond donors (Lipinski definition) is 2. The number of rotatable bonds is 2. The minimum atomic E-state index is -0.883. The largest absolute Gasteiger partial charge is 0.477 e. The number of benzene rings is 1. The lowest BCUT2D eigenvalue weighted by atomic mass is 10.0. The third-order valence-corrected chi connectivity index (χ3v) is 3.38. The van der Waals surface area contributed by atoms with Crippen LogP contribution in [-0.4, -0.2) is 11.1 Å². The van der Waals surface area contributed by atoms with Gasteiger partial charge in [-0.1, -0.05) is 12.1 Å². The van der Waals surface area contributed by atoms with Crippen LogP contribution in [0.4, 0.5) is 0 Å². The Kier molecular flexibility index (Phi) is 2.46. The molecule has 2 rings (SSSR count). The lowest BCUT2D eigenvalue weighted by Gasteiger charge is -2.05. The Hall–Kier alpha value is -1.39. The third kappa shape index (κ3) is 1.73. The molecule has 3 N–H and O–H groups in total. The summed E-state index contributed by atoms with van der Waals surface area (Å²) < 4.78 is 0.974. The van der Waals surface area contributed by atoms with Crippen molar-refractivity contribution in [3.8, 4) is 0 Å². The Balaban J connectivity index is 2.69. The Labute approximate surface area is 91.1 Å². The standard InChI is InChI=1S/C11H11NO2S/c1-6(12)7-3-2-4-9-8(7)5-10(15-9)11(13)14/h2-6H,12H2,1H3,(H,13,14). The topological polar surface area (TPSA) is 63.3 Å². The van der Waals surface area contributed by atoms with E-state index in [1.54, 1.807) is 6.07 Å². The van der Waals surface area contributed by atoms with Crippen LogP contribution < -0.4 is 5.73 Å². The van der Waals surface area contributed by atoms with E-state index in [-0.39, 0.29) is 6.04 Å². The lowest BCUT2D eigenvalue weighted by molar-refractivity contribution is 0.0702. The zero-order chi connectivity index (χ0) is 11.0. The highest BCUT2D eigenvalue weighted by molar-refractivity contribution is 7.20. The minimum absolute atomic E-state index is 0.0788. The lowest BCUT2D eigenvalue weighted by Crippen LogP contribution is -2.04. The molecule has 2 aromatic rings. The summed E-state index contributed by atoms with van der Waals surface area (Å²) in [6, 6.07) is 7.37. The van der Waals surface area contributed by atoms with Crippen LogP contribution >= 0.6 is 11.3 Å². The smallest absolute Gasteiger partial charge is 0.345 e. The van der Waals surface area contributed by atoms with Crippen LogP contribution in [0.5, 0.6) is 0 Å². The van der Waals surface area contributed by atoms with Gasteiger partial charge in [0.1, 0.15) is 4.88 Å². The van der Waals surface area contributed by atoms with Gasteiger partial charge in [0, 0.05) is 10.7 Å². The fraction of sp³-hybridized carbons (Fsp3) is 0.182. The van der Waals surface area contributed by atoms with E-state index in [0.717, 1.165) is 15.6 Å². The van der Waals surface area contributed by atoms with Gasteiger partial charge in [0.15, 0.2) is 0 Å². The Morgan fingerprint density at radius 2 is 2.27 bits per heavy atom. The molecule has 15 heavy (non-hydrogen) atoms. The fourth-order valence-electron chi connectivity index (χ4n) is 1.59. The molecule has 4 heteroatoms. The summed E-state index contributed by atoms with van der Waals surface area (Å²) >= 11 is 1.28. The van der Waals surface area contributed by atoms with Gasteiger partial charge in [0.2, 0.25) is 0 Å². The number of fused-ring (bicyclic) bond motifs is 1. The summed E-state index contributed by atoms with van der Waals surface area (Å²) in [6.07, 6.45) is 0. The van der Waals surface area contributed by atoms with Crippen molar-refractivity contribution in [1.29, 1.82) is 0 Å². The predicted octanol–water partition coefficient (Wildman–Crippen LogP) is 2.62. The van der Waals surface area contributed by atoms with Crippen molar-refractivity contribution in [2.24, 2.45) is 5.73 Å². The molecule has 1 heterocycles. The van der Waals surface area contributed by atoms with Gasteiger partial charge in [0.05, 0.1) is 0 Å². The van der Waals surface area contributed by atoms with Gasteiger partial charge >= 0.3 is 5.97 Å².